The van der Waals surface area contributed by atoms with Gasteiger partial charge in [0.15, 0.2) is 0 Å². The van der Waals surface area contributed by atoms with Crippen LogP contribution in [0, 0.1) is 10.1 Å². The number of anilines is 1. The van der Waals surface area contributed by atoms with Crippen LogP contribution in [0.3, 0.4) is 0 Å². The average molecular weight is 267 g/mol. The summed E-state index contributed by atoms with van der Waals surface area (Å²) in [7, 11) is 1.48. The van der Waals surface area contributed by atoms with Crippen molar-refractivity contribution in [1.29, 1.82) is 0 Å². The Labute approximate surface area is 111 Å². The molecule has 0 radical (unpaired) electrons. The van der Waals surface area contributed by atoms with Crippen molar-refractivity contribution in [2.75, 3.05) is 25.6 Å². The molecule has 2 rings (SSSR count). The summed E-state index contributed by atoms with van der Waals surface area (Å²) in [5.41, 5.74) is -0.0480. The van der Waals surface area contributed by atoms with Crippen LogP contribution in [0.15, 0.2) is 12.1 Å². The number of hydrogen-bond acceptors (Lipinski definition) is 6. The number of methoxy groups -OCH3 is 1. The lowest BCUT2D eigenvalue weighted by molar-refractivity contribution is -0.384. The summed E-state index contributed by atoms with van der Waals surface area (Å²) in [6, 6.07) is 2.86. The molecule has 1 saturated heterocycles. The molecule has 0 aromatic carbocycles. The SMILES string of the molecule is COc1ccc([N+](=O)[O-])c(NCCC2CCCO2)n1. The van der Waals surface area contributed by atoms with E-state index in [1.54, 1.807) is 0 Å². The molecule has 7 nitrogen and oxygen atoms in total. The summed E-state index contributed by atoms with van der Waals surface area (Å²) < 4.78 is 10.5. The van der Waals surface area contributed by atoms with Crippen LogP contribution in [0.1, 0.15) is 19.3 Å². The van der Waals surface area contributed by atoms with Gasteiger partial charge in [-0.3, -0.25) is 10.1 Å². The van der Waals surface area contributed by atoms with Gasteiger partial charge >= 0.3 is 5.69 Å². The number of nitrogens with one attached hydrogen (secondary N) is 1. The van der Waals surface area contributed by atoms with Gasteiger partial charge in [-0.1, -0.05) is 0 Å². The smallest absolute Gasteiger partial charge is 0.311 e. The van der Waals surface area contributed by atoms with Gasteiger partial charge in [-0.25, -0.2) is 0 Å². The molecule has 0 amide bonds. The maximum absolute atomic E-state index is 10.9. The van der Waals surface area contributed by atoms with Gasteiger partial charge in [0.05, 0.1) is 18.1 Å². The van der Waals surface area contributed by atoms with Crippen LogP contribution >= 0.6 is 0 Å². The van der Waals surface area contributed by atoms with E-state index in [-0.39, 0.29) is 17.6 Å². The molecule has 1 aromatic rings. The normalized spacial score (nSPS) is 18.3. The molecule has 0 saturated carbocycles. The summed E-state index contributed by atoms with van der Waals surface area (Å²) >= 11 is 0. The summed E-state index contributed by atoms with van der Waals surface area (Å²) in [4.78, 5) is 14.5. The lowest BCUT2D eigenvalue weighted by atomic mass is 10.2. The lowest BCUT2D eigenvalue weighted by Crippen LogP contribution is -2.14. The number of nitrogens with zero attached hydrogens (tertiary/aromatic N) is 2. The Kier molecular flexibility index (Phi) is 4.51. The first-order chi connectivity index (χ1) is 9.20. The van der Waals surface area contributed by atoms with Gasteiger partial charge in [-0.15, -0.1) is 0 Å². The van der Waals surface area contributed by atoms with Crippen LogP contribution in [0.5, 0.6) is 5.88 Å². The fourth-order valence-corrected chi connectivity index (χ4v) is 2.05. The predicted molar refractivity (Wildman–Crippen MR) is 69.5 cm³/mol. The van der Waals surface area contributed by atoms with Crippen molar-refractivity contribution in [3.05, 3.63) is 22.2 Å². The minimum Gasteiger partial charge on any atom is -0.481 e. The maximum atomic E-state index is 10.9. The van der Waals surface area contributed by atoms with Crippen molar-refractivity contribution in [2.24, 2.45) is 0 Å². The highest BCUT2D eigenvalue weighted by Crippen LogP contribution is 2.25. The maximum Gasteiger partial charge on any atom is 0.311 e. The quantitative estimate of drug-likeness (QED) is 0.626. The van der Waals surface area contributed by atoms with Crippen LogP contribution in [0.4, 0.5) is 11.5 Å². The van der Waals surface area contributed by atoms with Gasteiger partial charge in [-0.05, 0) is 19.3 Å². The molecule has 7 heteroatoms. The third kappa shape index (κ3) is 3.54. The third-order valence-electron chi connectivity index (χ3n) is 3.04. The molecule has 1 unspecified atom stereocenters. The second-order valence-electron chi connectivity index (χ2n) is 4.33. The van der Waals surface area contributed by atoms with Crippen LogP contribution < -0.4 is 10.1 Å². The molecule has 1 N–H and O–H groups in total. The second kappa shape index (κ2) is 6.33. The van der Waals surface area contributed by atoms with E-state index in [0.29, 0.717) is 12.4 Å². The van der Waals surface area contributed by atoms with E-state index in [1.165, 1.54) is 19.2 Å². The van der Waals surface area contributed by atoms with Crippen molar-refractivity contribution in [3.8, 4) is 5.88 Å². The summed E-state index contributed by atoms with van der Waals surface area (Å²) in [6.45, 7) is 1.40. The molecule has 1 aliphatic rings. The Balaban J connectivity index is 1.98. The number of hydrogen-bond donors (Lipinski definition) is 1. The number of pyridine rings is 1. The highest BCUT2D eigenvalue weighted by atomic mass is 16.6. The fraction of sp³-hybridized carbons (Fsp3) is 0.583. The van der Waals surface area contributed by atoms with Gasteiger partial charge in [0, 0.05) is 25.3 Å². The van der Waals surface area contributed by atoms with E-state index >= 15 is 0 Å². The van der Waals surface area contributed by atoms with Gasteiger partial charge < -0.3 is 14.8 Å². The first-order valence-corrected chi connectivity index (χ1v) is 6.25. The van der Waals surface area contributed by atoms with E-state index < -0.39 is 4.92 Å². The average Bonchev–Trinajstić information content (AvgIpc) is 2.91. The molecule has 19 heavy (non-hydrogen) atoms. The van der Waals surface area contributed by atoms with E-state index in [1.807, 2.05) is 0 Å². The zero-order valence-electron chi connectivity index (χ0n) is 10.8. The Morgan fingerprint density at radius 1 is 1.63 bits per heavy atom. The monoisotopic (exact) mass is 267 g/mol. The minimum absolute atomic E-state index is 0.0480. The zero-order valence-corrected chi connectivity index (χ0v) is 10.8. The van der Waals surface area contributed by atoms with Gasteiger partial charge in [0.2, 0.25) is 11.7 Å². The number of rotatable bonds is 6. The molecular formula is C12H17N3O4. The molecule has 0 bridgehead atoms. The molecule has 1 aliphatic heterocycles. The first-order valence-electron chi connectivity index (χ1n) is 6.25. The summed E-state index contributed by atoms with van der Waals surface area (Å²) in [6.07, 6.45) is 3.20. The summed E-state index contributed by atoms with van der Waals surface area (Å²) in [5, 5.41) is 13.9. The molecule has 1 atom stereocenters. The van der Waals surface area contributed by atoms with E-state index in [2.05, 4.69) is 10.3 Å². The molecular weight excluding hydrogens is 250 g/mol. The van der Waals surface area contributed by atoms with Crippen molar-refractivity contribution < 1.29 is 14.4 Å². The van der Waals surface area contributed by atoms with Gasteiger partial charge in [-0.2, -0.15) is 4.98 Å². The number of aromatic nitrogens is 1. The fourth-order valence-electron chi connectivity index (χ4n) is 2.05. The Morgan fingerprint density at radius 3 is 3.11 bits per heavy atom. The largest absolute Gasteiger partial charge is 0.481 e. The highest BCUT2D eigenvalue weighted by Gasteiger charge is 2.18. The van der Waals surface area contributed by atoms with E-state index in [4.69, 9.17) is 9.47 Å². The number of ether oxygens (including phenoxy) is 2. The Bertz CT molecular complexity index is 447. The number of nitro groups is 1. The lowest BCUT2D eigenvalue weighted by Gasteiger charge is -2.11. The van der Waals surface area contributed by atoms with Crippen molar-refractivity contribution in [2.45, 2.75) is 25.4 Å². The van der Waals surface area contributed by atoms with Crippen LogP contribution in [0.25, 0.3) is 0 Å². The van der Waals surface area contributed by atoms with E-state index in [9.17, 15) is 10.1 Å². The molecule has 0 aliphatic carbocycles. The van der Waals surface area contributed by atoms with Crippen molar-refractivity contribution >= 4 is 11.5 Å². The minimum atomic E-state index is -0.457. The van der Waals surface area contributed by atoms with Crippen molar-refractivity contribution in [1.82, 2.24) is 4.98 Å². The van der Waals surface area contributed by atoms with E-state index in [0.717, 1.165) is 25.9 Å². The third-order valence-corrected chi connectivity index (χ3v) is 3.04. The Morgan fingerprint density at radius 2 is 2.47 bits per heavy atom. The topological polar surface area (TPSA) is 86.5 Å². The molecule has 2 heterocycles. The van der Waals surface area contributed by atoms with Gasteiger partial charge in [0.1, 0.15) is 0 Å². The Hall–Kier alpha value is -1.89. The van der Waals surface area contributed by atoms with Crippen molar-refractivity contribution in [3.63, 3.8) is 0 Å². The standard InChI is InChI=1S/C12H17N3O4/c1-18-11-5-4-10(15(16)17)12(14-11)13-7-6-9-3-2-8-19-9/h4-5,9H,2-3,6-8H2,1H3,(H,13,14). The van der Waals surface area contributed by atoms with Crippen LogP contribution in [-0.2, 0) is 4.74 Å². The zero-order chi connectivity index (χ0) is 13.7. The highest BCUT2D eigenvalue weighted by molar-refractivity contribution is 5.56. The van der Waals surface area contributed by atoms with Crippen LogP contribution in [-0.4, -0.2) is 36.3 Å². The molecule has 0 spiro atoms. The summed E-state index contributed by atoms with van der Waals surface area (Å²) in [5.74, 6) is 0.590. The molecule has 1 aromatic heterocycles. The molecule has 104 valence electrons. The second-order valence-corrected chi connectivity index (χ2v) is 4.33. The van der Waals surface area contributed by atoms with Gasteiger partial charge in [0.25, 0.3) is 0 Å². The molecule has 1 fully saturated rings. The predicted octanol–water partition coefficient (Wildman–Crippen LogP) is 1.98. The van der Waals surface area contributed by atoms with Crippen LogP contribution in [0.2, 0.25) is 0 Å². The first kappa shape index (κ1) is 13.5.